The zero-order valence-electron chi connectivity index (χ0n) is 16.3. The number of nitrogens with one attached hydrogen (secondary N) is 2. The second-order valence-electron chi connectivity index (χ2n) is 6.62. The number of halogens is 1. The van der Waals surface area contributed by atoms with Crippen LogP contribution in [0.1, 0.15) is 31.1 Å². The summed E-state index contributed by atoms with van der Waals surface area (Å²) in [6, 6.07) is 12.8. The van der Waals surface area contributed by atoms with Crippen LogP contribution in [-0.2, 0) is 10.0 Å². The van der Waals surface area contributed by atoms with Crippen molar-refractivity contribution in [2.75, 3.05) is 24.4 Å². The van der Waals surface area contributed by atoms with Crippen LogP contribution < -0.4 is 10.0 Å². The topological polar surface area (TPSA) is 78.5 Å². The van der Waals surface area contributed by atoms with Gasteiger partial charge in [-0.05, 0) is 56.8 Å². The Kier molecular flexibility index (Phi) is 7.86. The normalized spacial score (nSPS) is 11.6. The molecule has 8 heteroatoms. The van der Waals surface area contributed by atoms with Crippen molar-refractivity contribution in [3.63, 3.8) is 0 Å². The molecule has 0 bridgehead atoms. The zero-order chi connectivity index (χ0) is 20.7. The lowest BCUT2D eigenvalue weighted by molar-refractivity contribution is 0.0945. The van der Waals surface area contributed by atoms with Gasteiger partial charge >= 0.3 is 0 Å². The van der Waals surface area contributed by atoms with Gasteiger partial charge in [0.15, 0.2) is 0 Å². The maximum atomic E-state index is 12.6. The quantitative estimate of drug-likeness (QED) is 0.645. The molecule has 0 aromatic heterocycles. The van der Waals surface area contributed by atoms with Crippen molar-refractivity contribution < 1.29 is 13.2 Å². The first kappa shape index (κ1) is 22.2. The van der Waals surface area contributed by atoms with Gasteiger partial charge < -0.3 is 5.32 Å². The van der Waals surface area contributed by atoms with Gasteiger partial charge in [0, 0.05) is 29.7 Å². The Morgan fingerprint density at radius 3 is 2.50 bits per heavy atom. The number of nitrogens with zero attached hydrogens (tertiary/aromatic N) is 1. The third-order valence-corrected chi connectivity index (χ3v) is 5.92. The van der Waals surface area contributed by atoms with E-state index in [1.165, 1.54) is 18.2 Å². The van der Waals surface area contributed by atoms with Crippen LogP contribution in [0.15, 0.2) is 53.4 Å². The molecule has 6 nitrogen and oxygen atoms in total. The van der Waals surface area contributed by atoms with E-state index >= 15 is 0 Å². The summed E-state index contributed by atoms with van der Waals surface area (Å²) >= 11 is 5.90. The highest BCUT2D eigenvalue weighted by atomic mass is 35.5. The highest BCUT2D eigenvalue weighted by molar-refractivity contribution is 7.92. The summed E-state index contributed by atoms with van der Waals surface area (Å²) in [5.74, 6) is -0.306. The van der Waals surface area contributed by atoms with Gasteiger partial charge in [-0.2, -0.15) is 0 Å². The number of carbonyl (C=O) groups is 1. The van der Waals surface area contributed by atoms with Gasteiger partial charge in [0.05, 0.1) is 10.6 Å². The molecule has 0 aliphatic carbocycles. The molecule has 0 unspecified atom stereocenters. The molecule has 0 heterocycles. The summed E-state index contributed by atoms with van der Waals surface area (Å²) in [5, 5.41) is 3.27. The Morgan fingerprint density at radius 1 is 1.14 bits per heavy atom. The minimum Gasteiger partial charge on any atom is -0.351 e. The minimum absolute atomic E-state index is 0.0116. The molecule has 0 saturated heterocycles. The molecule has 0 aliphatic heterocycles. The van der Waals surface area contributed by atoms with Crippen LogP contribution in [0.25, 0.3) is 0 Å². The molecular formula is C20H26ClN3O3S. The lowest BCUT2D eigenvalue weighted by Crippen LogP contribution is -2.38. The van der Waals surface area contributed by atoms with Crippen molar-refractivity contribution in [1.29, 1.82) is 0 Å². The third-order valence-electron chi connectivity index (χ3n) is 4.30. The lowest BCUT2D eigenvalue weighted by atomic mass is 10.2. The first-order valence-electron chi connectivity index (χ1n) is 9.13. The predicted molar refractivity (Wildman–Crippen MR) is 113 cm³/mol. The Bertz CT molecular complexity index is 916. The number of sulfonamides is 1. The number of rotatable bonds is 9. The molecule has 0 spiro atoms. The fourth-order valence-electron chi connectivity index (χ4n) is 2.77. The van der Waals surface area contributed by atoms with E-state index in [1.54, 1.807) is 30.3 Å². The van der Waals surface area contributed by atoms with Crippen LogP contribution in [0, 0.1) is 0 Å². The number of benzene rings is 2. The molecule has 28 heavy (non-hydrogen) atoms. The Morgan fingerprint density at radius 2 is 1.86 bits per heavy atom. The van der Waals surface area contributed by atoms with Crippen LogP contribution in [0.4, 0.5) is 5.69 Å². The monoisotopic (exact) mass is 423 g/mol. The molecular weight excluding hydrogens is 398 g/mol. The first-order chi connectivity index (χ1) is 13.2. The Balaban J connectivity index is 2.07. The van der Waals surface area contributed by atoms with Crippen LogP contribution in [0.5, 0.6) is 0 Å². The highest BCUT2D eigenvalue weighted by Crippen LogP contribution is 2.20. The zero-order valence-corrected chi connectivity index (χ0v) is 17.8. The molecule has 0 fully saturated rings. The van der Waals surface area contributed by atoms with Gasteiger partial charge in [-0.1, -0.05) is 30.7 Å². The number of anilines is 1. The van der Waals surface area contributed by atoms with Crippen molar-refractivity contribution in [1.82, 2.24) is 10.2 Å². The number of carbonyl (C=O) groups excluding carboxylic acids is 1. The second kappa shape index (κ2) is 9.91. The van der Waals surface area contributed by atoms with Gasteiger partial charge in [-0.25, -0.2) is 8.42 Å². The molecule has 1 amide bonds. The average Bonchev–Trinajstić information content (AvgIpc) is 2.64. The first-order valence-corrected chi connectivity index (χ1v) is 11.0. The third kappa shape index (κ3) is 6.22. The Hall–Kier alpha value is -2.09. The van der Waals surface area contributed by atoms with Gasteiger partial charge in [0.2, 0.25) is 0 Å². The number of hydrogen-bond donors (Lipinski definition) is 2. The van der Waals surface area contributed by atoms with Gasteiger partial charge in [-0.3, -0.25) is 14.4 Å². The fraction of sp³-hybridized carbons (Fsp3) is 0.350. The largest absolute Gasteiger partial charge is 0.351 e. The van der Waals surface area contributed by atoms with Crippen molar-refractivity contribution in [3.05, 3.63) is 59.1 Å². The molecule has 2 rings (SSSR count). The van der Waals surface area contributed by atoms with Gasteiger partial charge in [0.1, 0.15) is 0 Å². The lowest BCUT2D eigenvalue weighted by Gasteiger charge is -2.24. The molecule has 152 valence electrons. The molecule has 2 N–H and O–H groups in total. The van der Waals surface area contributed by atoms with Gasteiger partial charge in [-0.15, -0.1) is 0 Å². The predicted octanol–water partition coefficient (Wildman–Crippen LogP) is 3.60. The summed E-state index contributed by atoms with van der Waals surface area (Å²) in [5.41, 5.74) is 0.650. The molecule has 2 aromatic carbocycles. The van der Waals surface area contributed by atoms with Crippen LogP contribution in [0.3, 0.4) is 0 Å². The molecule has 0 atom stereocenters. The standard InChI is InChI=1S/C20H26ClN3O3S/c1-4-24(15(2)3)12-11-22-20(25)16-7-5-10-19(13-16)28(26,27)23-18-9-6-8-17(21)14-18/h5-10,13-15,23H,4,11-12H2,1-3H3,(H,22,25). The van der Waals surface area contributed by atoms with E-state index in [0.717, 1.165) is 13.1 Å². The Labute approximate surface area is 171 Å². The summed E-state index contributed by atoms with van der Waals surface area (Å²) in [6.07, 6.45) is 0. The fourth-order valence-corrected chi connectivity index (χ4v) is 4.05. The maximum Gasteiger partial charge on any atom is 0.261 e. The van der Waals surface area contributed by atoms with E-state index in [2.05, 4.69) is 35.7 Å². The van der Waals surface area contributed by atoms with E-state index in [1.807, 2.05) is 0 Å². The highest BCUT2D eigenvalue weighted by Gasteiger charge is 2.17. The number of likely N-dealkylation sites (N-methyl/N-ethyl adjacent to an activating group) is 1. The molecule has 0 radical (unpaired) electrons. The van der Waals surface area contributed by atoms with Crippen molar-refractivity contribution in [2.24, 2.45) is 0 Å². The number of hydrogen-bond acceptors (Lipinski definition) is 4. The SMILES string of the molecule is CCN(CCNC(=O)c1cccc(S(=O)(=O)Nc2cccc(Cl)c2)c1)C(C)C. The van der Waals surface area contributed by atoms with E-state index in [9.17, 15) is 13.2 Å². The van der Waals surface area contributed by atoms with E-state index in [-0.39, 0.29) is 10.8 Å². The second-order valence-corrected chi connectivity index (χ2v) is 8.74. The molecule has 0 saturated carbocycles. The maximum absolute atomic E-state index is 12.6. The molecule has 0 aliphatic rings. The van der Waals surface area contributed by atoms with E-state index in [0.29, 0.717) is 28.9 Å². The molecule has 2 aromatic rings. The summed E-state index contributed by atoms with van der Waals surface area (Å²) in [7, 11) is -3.83. The van der Waals surface area contributed by atoms with Crippen LogP contribution in [0.2, 0.25) is 5.02 Å². The number of amides is 1. The summed E-state index contributed by atoms with van der Waals surface area (Å²) in [4.78, 5) is 14.6. The van der Waals surface area contributed by atoms with E-state index in [4.69, 9.17) is 11.6 Å². The van der Waals surface area contributed by atoms with Crippen LogP contribution in [-0.4, -0.2) is 44.9 Å². The summed E-state index contributed by atoms with van der Waals surface area (Å²) in [6.45, 7) is 8.40. The van der Waals surface area contributed by atoms with Crippen molar-refractivity contribution >= 4 is 33.2 Å². The summed E-state index contributed by atoms with van der Waals surface area (Å²) < 4.78 is 27.7. The minimum atomic E-state index is -3.83. The van der Waals surface area contributed by atoms with E-state index < -0.39 is 10.0 Å². The average molecular weight is 424 g/mol. The van der Waals surface area contributed by atoms with Crippen LogP contribution >= 0.6 is 11.6 Å². The smallest absolute Gasteiger partial charge is 0.261 e. The van der Waals surface area contributed by atoms with Crippen molar-refractivity contribution in [3.8, 4) is 0 Å². The van der Waals surface area contributed by atoms with Crippen molar-refractivity contribution in [2.45, 2.75) is 31.7 Å². The van der Waals surface area contributed by atoms with Gasteiger partial charge in [0.25, 0.3) is 15.9 Å².